The molecule has 0 unspecified atom stereocenters. The van der Waals surface area contributed by atoms with Crippen molar-refractivity contribution in [3.05, 3.63) is 42.7 Å². The molecular formula is C17H23N5O. The smallest absolute Gasteiger partial charge is 0.321 e. The lowest BCUT2D eigenvalue weighted by Gasteiger charge is -2.37. The van der Waals surface area contributed by atoms with Gasteiger partial charge in [0.25, 0.3) is 0 Å². The average Bonchev–Trinajstić information content (AvgIpc) is 3.00. The summed E-state index contributed by atoms with van der Waals surface area (Å²) >= 11 is 0. The van der Waals surface area contributed by atoms with E-state index in [9.17, 15) is 4.79 Å². The largest absolute Gasteiger partial charge is 0.371 e. The Hall–Kier alpha value is -2.50. The summed E-state index contributed by atoms with van der Waals surface area (Å²) in [4.78, 5) is 16.5. The Kier molecular flexibility index (Phi) is 4.50. The van der Waals surface area contributed by atoms with Gasteiger partial charge >= 0.3 is 6.03 Å². The highest BCUT2D eigenvalue weighted by Gasteiger charge is 2.25. The van der Waals surface area contributed by atoms with Crippen LogP contribution in [0.25, 0.3) is 0 Å². The third-order valence-corrected chi connectivity index (χ3v) is 4.42. The maximum Gasteiger partial charge on any atom is 0.321 e. The fourth-order valence-electron chi connectivity index (χ4n) is 3.02. The summed E-state index contributed by atoms with van der Waals surface area (Å²) < 4.78 is 1.68. The predicted octanol–water partition coefficient (Wildman–Crippen LogP) is 2.55. The molecule has 1 aromatic heterocycles. The van der Waals surface area contributed by atoms with Gasteiger partial charge in [-0.1, -0.05) is 18.2 Å². The first-order valence-electron chi connectivity index (χ1n) is 7.96. The highest BCUT2D eigenvalue weighted by molar-refractivity contribution is 5.89. The van der Waals surface area contributed by atoms with Crippen molar-refractivity contribution in [3.8, 4) is 0 Å². The molecule has 0 radical (unpaired) electrons. The lowest BCUT2D eigenvalue weighted by molar-refractivity contribution is 0.194. The van der Waals surface area contributed by atoms with Gasteiger partial charge in [0.1, 0.15) is 0 Å². The quantitative estimate of drug-likeness (QED) is 0.947. The van der Waals surface area contributed by atoms with Crippen molar-refractivity contribution in [2.75, 3.05) is 30.4 Å². The van der Waals surface area contributed by atoms with Gasteiger partial charge in [-0.05, 0) is 25.0 Å². The van der Waals surface area contributed by atoms with Gasteiger partial charge in [0, 0.05) is 45.1 Å². The number of nitrogens with zero attached hydrogens (tertiary/aromatic N) is 4. The molecule has 122 valence electrons. The number of benzene rings is 1. The Balaban J connectivity index is 1.53. The second-order valence-corrected chi connectivity index (χ2v) is 6.00. The Bertz CT molecular complexity index is 646. The Morgan fingerprint density at radius 1 is 1.26 bits per heavy atom. The molecule has 1 aliphatic rings. The number of hydrogen-bond acceptors (Lipinski definition) is 3. The standard InChI is InChI=1S/C17H23N5O/c1-20-13-14(12-18-20)19-17(23)22-10-8-16(9-11-22)21(2)15-6-4-3-5-7-15/h3-7,12-13,16H,8-11H2,1-2H3,(H,19,23). The predicted molar refractivity (Wildman–Crippen MR) is 91.7 cm³/mol. The van der Waals surface area contributed by atoms with E-state index in [1.165, 1.54) is 5.69 Å². The first-order valence-corrected chi connectivity index (χ1v) is 7.96. The number of carbonyl (C=O) groups excluding carboxylic acids is 1. The van der Waals surface area contributed by atoms with Crippen LogP contribution >= 0.6 is 0 Å². The Labute approximate surface area is 136 Å². The Morgan fingerprint density at radius 2 is 1.96 bits per heavy atom. The molecule has 0 saturated carbocycles. The van der Waals surface area contributed by atoms with Crippen LogP contribution in [0.4, 0.5) is 16.2 Å². The fraction of sp³-hybridized carbons (Fsp3) is 0.412. The second kappa shape index (κ2) is 6.73. The van der Waals surface area contributed by atoms with Gasteiger partial charge < -0.3 is 15.1 Å². The molecule has 0 bridgehead atoms. The topological polar surface area (TPSA) is 53.4 Å². The lowest BCUT2D eigenvalue weighted by atomic mass is 10.0. The summed E-state index contributed by atoms with van der Waals surface area (Å²) in [7, 11) is 3.96. The third kappa shape index (κ3) is 3.64. The maximum absolute atomic E-state index is 12.3. The zero-order valence-corrected chi connectivity index (χ0v) is 13.6. The average molecular weight is 313 g/mol. The Morgan fingerprint density at radius 3 is 2.57 bits per heavy atom. The number of urea groups is 1. The molecule has 3 rings (SSSR count). The van der Waals surface area contributed by atoms with E-state index in [1.807, 2.05) is 18.0 Å². The number of aromatic nitrogens is 2. The maximum atomic E-state index is 12.3. The molecule has 2 amide bonds. The van der Waals surface area contributed by atoms with Gasteiger partial charge in [-0.2, -0.15) is 5.10 Å². The molecule has 1 aromatic carbocycles. The zero-order chi connectivity index (χ0) is 16.2. The third-order valence-electron chi connectivity index (χ3n) is 4.42. The minimum atomic E-state index is -0.0428. The van der Waals surface area contributed by atoms with Crippen LogP contribution in [0.5, 0.6) is 0 Å². The molecule has 1 saturated heterocycles. The summed E-state index contributed by atoms with van der Waals surface area (Å²) in [6.45, 7) is 1.54. The molecule has 2 aromatic rings. The van der Waals surface area contributed by atoms with Crippen LogP contribution in [-0.2, 0) is 7.05 Å². The van der Waals surface area contributed by atoms with Crippen LogP contribution in [0.15, 0.2) is 42.7 Å². The van der Waals surface area contributed by atoms with Gasteiger partial charge in [-0.3, -0.25) is 4.68 Å². The van der Waals surface area contributed by atoms with E-state index < -0.39 is 0 Å². The van der Waals surface area contributed by atoms with Crippen molar-refractivity contribution in [1.82, 2.24) is 14.7 Å². The van der Waals surface area contributed by atoms with Crippen LogP contribution in [0.2, 0.25) is 0 Å². The van der Waals surface area contributed by atoms with Crippen molar-refractivity contribution in [2.45, 2.75) is 18.9 Å². The molecule has 1 aliphatic heterocycles. The number of nitrogens with one attached hydrogen (secondary N) is 1. The molecule has 0 aliphatic carbocycles. The van der Waals surface area contributed by atoms with E-state index in [-0.39, 0.29) is 6.03 Å². The van der Waals surface area contributed by atoms with Crippen molar-refractivity contribution in [1.29, 1.82) is 0 Å². The SMILES string of the molecule is CN(c1ccccc1)C1CCN(C(=O)Nc2cnn(C)c2)CC1. The molecular weight excluding hydrogens is 290 g/mol. The fourth-order valence-corrected chi connectivity index (χ4v) is 3.02. The number of aryl methyl sites for hydroxylation is 1. The number of amides is 2. The molecule has 0 atom stereocenters. The summed E-state index contributed by atoms with van der Waals surface area (Å²) in [5.74, 6) is 0. The van der Waals surface area contributed by atoms with E-state index in [0.29, 0.717) is 6.04 Å². The van der Waals surface area contributed by atoms with E-state index in [0.717, 1.165) is 31.6 Å². The van der Waals surface area contributed by atoms with E-state index >= 15 is 0 Å². The number of carbonyl (C=O) groups is 1. The summed E-state index contributed by atoms with van der Waals surface area (Å²) in [6.07, 6.45) is 5.42. The van der Waals surface area contributed by atoms with Gasteiger partial charge in [0.15, 0.2) is 0 Å². The lowest BCUT2D eigenvalue weighted by Crippen LogP contribution is -2.47. The molecule has 2 heterocycles. The van der Waals surface area contributed by atoms with Crippen LogP contribution in [0.3, 0.4) is 0 Å². The van der Waals surface area contributed by atoms with E-state index in [1.54, 1.807) is 17.1 Å². The number of hydrogen-bond donors (Lipinski definition) is 1. The van der Waals surface area contributed by atoms with Crippen molar-refractivity contribution < 1.29 is 4.79 Å². The number of rotatable bonds is 3. The number of para-hydroxylation sites is 1. The second-order valence-electron chi connectivity index (χ2n) is 6.00. The number of anilines is 2. The molecule has 1 N–H and O–H groups in total. The van der Waals surface area contributed by atoms with E-state index in [4.69, 9.17) is 0 Å². The van der Waals surface area contributed by atoms with E-state index in [2.05, 4.69) is 46.6 Å². The number of likely N-dealkylation sites (tertiary alicyclic amines) is 1. The molecule has 0 spiro atoms. The van der Waals surface area contributed by atoms with Crippen LogP contribution in [0, 0.1) is 0 Å². The normalized spacial score (nSPS) is 15.5. The highest BCUT2D eigenvalue weighted by atomic mass is 16.2. The van der Waals surface area contributed by atoms with Gasteiger partial charge in [0.2, 0.25) is 0 Å². The molecule has 1 fully saturated rings. The van der Waals surface area contributed by atoms with Gasteiger partial charge in [-0.15, -0.1) is 0 Å². The molecule has 6 heteroatoms. The summed E-state index contributed by atoms with van der Waals surface area (Å²) in [5, 5.41) is 6.96. The van der Waals surface area contributed by atoms with Crippen molar-refractivity contribution in [2.24, 2.45) is 7.05 Å². The molecule has 23 heavy (non-hydrogen) atoms. The van der Waals surface area contributed by atoms with Crippen molar-refractivity contribution in [3.63, 3.8) is 0 Å². The van der Waals surface area contributed by atoms with Crippen LogP contribution in [-0.4, -0.2) is 46.9 Å². The summed E-state index contributed by atoms with van der Waals surface area (Å²) in [5.41, 5.74) is 1.96. The minimum Gasteiger partial charge on any atom is -0.371 e. The first kappa shape index (κ1) is 15.4. The zero-order valence-electron chi connectivity index (χ0n) is 13.6. The monoisotopic (exact) mass is 313 g/mol. The van der Waals surface area contributed by atoms with Crippen LogP contribution < -0.4 is 10.2 Å². The van der Waals surface area contributed by atoms with Crippen molar-refractivity contribution >= 4 is 17.4 Å². The molecule has 6 nitrogen and oxygen atoms in total. The van der Waals surface area contributed by atoms with Crippen LogP contribution in [0.1, 0.15) is 12.8 Å². The summed E-state index contributed by atoms with van der Waals surface area (Å²) in [6, 6.07) is 10.8. The first-order chi connectivity index (χ1) is 11.1. The minimum absolute atomic E-state index is 0.0428. The van der Waals surface area contributed by atoms with Gasteiger partial charge in [0.05, 0.1) is 11.9 Å². The number of piperidine rings is 1. The van der Waals surface area contributed by atoms with Gasteiger partial charge in [-0.25, -0.2) is 4.79 Å². The highest BCUT2D eigenvalue weighted by Crippen LogP contribution is 2.22.